The van der Waals surface area contributed by atoms with Crippen molar-refractivity contribution in [2.75, 3.05) is 20.3 Å². The number of ether oxygens (including phenoxy) is 2. The largest absolute Gasteiger partial charge is 0.469 e. The highest BCUT2D eigenvalue weighted by atomic mass is 28.4. The molecule has 0 heterocycles. The van der Waals surface area contributed by atoms with Crippen molar-refractivity contribution >= 4 is 20.3 Å². The molecule has 0 N–H and O–H groups in total. The van der Waals surface area contributed by atoms with Crippen LogP contribution in [0.2, 0.25) is 18.1 Å². The Labute approximate surface area is 165 Å². The molecule has 0 amide bonds. The van der Waals surface area contributed by atoms with Crippen LogP contribution in [0.25, 0.3) is 0 Å². The molecule has 27 heavy (non-hydrogen) atoms. The Kier molecular flexibility index (Phi) is 7.31. The van der Waals surface area contributed by atoms with Crippen LogP contribution in [0.15, 0.2) is 12.2 Å². The van der Waals surface area contributed by atoms with Crippen LogP contribution in [-0.2, 0) is 23.5 Å². The van der Waals surface area contributed by atoms with E-state index in [1.54, 1.807) is 0 Å². The Morgan fingerprint density at radius 2 is 1.48 bits per heavy atom. The highest BCUT2D eigenvalue weighted by Crippen LogP contribution is 2.52. The summed E-state index contributed by atoms with van der Waals surface area (Å²) in [7, 11) is -0.452. The van der Waals surface area contributed by atoms with Gasteiger partial charge in [-0.1, -0.05) is 32.9 Å². The molecular weight excluding hydrogens is 360 g/mol. The van der Waals surface area contributed by atoms with Gasteiger partial charge in [-0.15, -0.1) is 0 Å². The van der Waals surface area contributed by atoms with Gasteiger partial charge in [0.1, 0.15) is 6.61 Å². The topological polar surface area (TPSA) is 61.8 Å². The van der Waals surface area contributed by atoms with Crippen LogP contribution >= 0.6 is 0 Å². The number of fused-ring (bicyclic) bond motifs is 1. The Bertz CT molecular complexity index is 563. The van der Waals surface area contributed by atoms with Crippen molar-refractivity contribution in [1.29, 1.82) is 0 Å². The molecule has 1 saturated carbocycles. The van der Waals surface area contributed by atoms with E-state index in [-0.39, 0.29) is 47.3 Å². The molecule has 0 aromatic rings. The van der Waals surface area contributed by atoms with Crippen LogP contribution in [0.1, 0.15) is 46.5 Å². The highest BCUT2D eigenvalue weighted by Gasteiger charge is 2.57. The van der Waals surface area contributed by atoms with Gasteiger partial charge in [0.25, 0.3) is 0 Å². The first-order chi connectivity index (χ1) is 12.6. The van der Waals surface area contributed by atoms with E-state index in [1.165, 1.54) is 7.11 Å². The maximum atomic E-state index is 12.7. The van der Waals surface area contributed by atoms with Gasteiger partial charge < -0.3 is 13.9 Å². The molecule has 2 rings (SSSR count). The van der Waals surface area contributed by atoms with Crippen LogP contribution < -0.4 is 0 Å². The number of carbonyl (C=O) groups excluding carboxylic acids is 2. The van der Waals surface area contributed by atoms with Crippen LogP contribution in [-0.4, -0.2) is 40.6 Å². The number of allylic oxidation sites excluding steroid dienone is 2. The lowest BCUT2D eigenvalue weighted by Crippen LogP contribution is -2.55. The van der Waals surface area contributed by atoms with E-state index in [0.29, 0.717) is 6.61 Å². The highest BCUT2D eigenvalue weighted by molar-refractivity contribution is 6.74. The van der Waals surface area contributed by atoms with Crippen molar-refractivity contribution in [3.8, 4) is 0 Å². The zero-order valence-corrected chi connectivity index (χ0v) is 18.7. The van der Waals surface area contributed by atoms with Crippen LogP contribution in [0, 0.1) is 23.7 Å². The summed E-state index contributed by atoms with van der Waals surface area (Å²) in [6, 6.07) is 0. The summed E-state index contributed by atoms with van der Waals surface area (Å²) < 4.78 is 16.6. The average Bonchev–Trinajstić information content (AvgIpc) is 2.55. The summed E-state index contributed by atoms with van der Waals surface area (Å²) in [5.74, 6) is -0.839. The lowest BCUT2D eigenvalue weighted by molar-refractivity contribution is -0.182. The molecule has 0 aliphatic heterocycles. The second-order valence-electron chi connectivity index (χ2n) is 9.30. The van der Waals surface area contributed by atoms with Crippen LogP contribution in [0.3, 0.4) is 0 Å². The molecule has 0 aromatic heterocycles. The van der Waals surface area contributed by atoms with Crippen LogP contribution in [0.5, 0.6) is 0 Å². The molecule has 4 atom stereocenters. The van der Waals surface area contributed by atoms with Gasteiger partial charge in [0.2, 0.25) is 0 Å². The van der Waals surface area contributed by atoms with Crippen molar-refractivity contribution in [3.63, 3.8) is 0 Å². The van der Waals surface area contributed by atoms with Gasteiger partial charge in [0, 0.05) is 0 Å². The van der Waals surface area contributed by atoms with Gasteiger partial charge in [-0.25, -0.2) is 0 Å². The normalized spacial score (nSPS) is 29.6. The second kappa shape index (κ2) is 8.91. The molecule has 1 fully saturated rings. The van der Waals surface area contributed by atoms with E-state index in [4.69, 9.17) is 13.9 Å². The van der Waals surface area contributed by atoms with E-state index in [1.807, 2.05) is 0 Å². The standard InChI is InChI=1S/C21H36O5Si/c1-21(2,3)27(5,6)26-14-13-25-20(23)18-16-12-10-8-7-9-11-15(16)17(18)19(22)24-4/h7-8,15-18H,9-14H2,1-6H3/b8-7-/t15-,16-,17+,18-/m1/s1. The number of rotatable bonds is 6. The molecule has 154 valence electrons. The second-order valence-corrected chi connectivity index (χ2v) is 14.1. The summed E-state index contributed by atoms with van der Waals surface area (Å²) in [5, 5.41) is 0.126. The minimum atomic E-state index is -1.85. The maximum Gasteiger partial charge on any atom is 0.310 e. The van der Waals surface area contributed by atoms with Gasteiger partial charge in [-0.05, 0) is 55.7 Å². The van der Waals surface area contributed by atoms with Gasteiger partial charge in [-0.2, -0.15) is 0 Å². The average molecular weight is 397 g/mol. The zero-order valence-electron chi connectivity index (χ0n) is 17.7. The zero-order chi connectivity index (χ0) is 20.2. The summed E-state index contributed by atoms with van der Waals surface area (Å²) in [6.07, 6.45) is 8.11. The SMILES string of the molecule is COC(=O)[C@H]1[C@@H]2CC/C=C\CC[C@H]2[C@H]1C(=O)OCCO[Si](C)(C)C(C)(C)C. The minimum Gasteiger partial charge on any atom is -0.469 e. The Morgan fingerprint density at radius 1 is 0.963 bits per heavy atom. The number of methoxy groups -OCH3 is 1. The maximum absolute atomic E-state index is 12.7. The Hall–Kier alpha value is -1.14. The van der Waals surface area contributed by atoms with Gasteiger partial charge >= 0.3 is 11.9 Å². The first-order valence-corrected chi connectivity index (χ1v) is 13.0. The van der Waals surface area contributed by atoms with Gasteiger partial charge in [0.05, 0.1) is 25.6 Å². The fourth-order valence-corrected chi connectivity index (χ4v) is 5.08. The summed E-state index contributed by atoms with van der Waals surface area (Å²) in [4.78, 5) is 25.0. The third kappa shape index (κ3) is 5.02. The van der Waals surface area contributed by atoms with E-state index < -0.39 is 8.32 Å². The third-order valence-electron chi connectivity index (χ3n) is 6.70. The molecule has 0 saturated heterocycles. The quantitative estimate of drug-likeness (QED) is 0.289. The fraction of sp³-hybridized carbons (Fsp3) is 0.810. The van der Waals surface area contributed by atoms with Crippen molar-refractivity contribution < 1.29 is 23.5 Å². The smallest absolute Gasteiger partial charge is 0.310 e. The third-order valence-corrected chi connectivity index (χ3v) is 11.2. The molecule has 2 aliphatic rings. The van der Waals surface area contributed by atoms with Crippen molar-refractivity contribution in [1.82, 2.24) is 0 Å². The van der Waals surface area contributed by atoms with Crippen molar-refractivity contribution in [2.45, 2.75) is 64.6 Å². The Morgan fingerprint density at radius 3 is 1.96 bits per heavy atom. The molecule has 0 bridgehead atoms. The number of hydrogen-bond donors (Lipinski definition) is 0. The predicted molar refractivity (Wildman–Crippen MR) is 108 cm³/mol. The monoisotopic (exact) mass is 396 g/mol. The molecule has 0 aromatic carbocycles. The molecular formula is C21H36O5Si. The van der Waals surface area contributed by atoms with Crippen molar-refractivity contribution in [3.05, 3.63) is 12.2 Å². The molecule has 6 heteroatoms. The summed E-state index contributed by atoms with van der Waals surface area (Å²) >= 11 is 0. The first kappa shape index (κ1) is 22.1. The number of esters is 2. The molecule has 5 nitrogen and oxygen atoms in total. The molecule has 2 aliphatic carbocycles. The number of carbonyl (C=O) groups is 2. The molecule has 0 radical (unpaired) electrons. The summed E-state index contributed by atoms with van der Waals surface area (Å²) in [6.45, 7) is 11.6. The fourth-order valence-electron chi connectivity index (χ4n) is 4.05. The van der Waals surface area contributed by atoms with E-state index >= 15 is 0 Å². The van der Waals surface area contributed by atoms with E-state index in [9.17, 15) is 9.59 Å². The van der Waals surface area contributed by atoms with Gasteiger partial charge in [0.15, 0.2) is 8.32 Å². The van der Waals surface area contributed by atoms with Crippen molar-refractivity contribution in [2.24, 2.45) is 23.7 Å². The van der Waals surface area contributed by atoms with E-state index in [0.717, 1.165) is 25.7 Å². The van der Waals surface area contributed by atoms with Crippen LogP contribution in [0.4, 0.5) is 0 Å². The van der Waals surface area contributed by atoms with Gasteiger partial charge in [-0.3, -0.25) is 9.59 Å². The molecule has 0 spiro atoms. The lowest BCUT2D eigenvalue weighted by atomic mass is 9.53. The Balaban J connectivity index is 1.93. The predicted octanol–water partition coefficient (Wildman–Crippen LogP) is 4.33. The lowest BCUT2D eigenvalue weighted by Gasteiger charge is -2.49. The first-order valence-electron chi connectivity index (χ1n) is 10.1. The summed E-state index contributed by atoms with van der Waals surface area (Å²) in [5.41, 5.74) is 0. The minimum absolute atomic E-state index is 0.126. The molecule has 0 unspecified atom stereocenters. The number of hydrogen-bond acceptors (Lipinski definition) is 5. The van der Waals surface area contributed by atoms with E-state index in [2.05, 4.69) is 46.0 Å².